The molecule has 1 aliphatic rings. The topological polar surface area (TPSA) is 58.1 Å². The van der Waals surface area contributed by atoms with E-state index in [1.807, 2.05) is 37.8 Å². The van der Waals surface area contributed by atoms with Crippen LogP contribution in [0.25, 0.3) is 0 Å². The van der Waals surface area contributed by atoms with Crippen LogP contribution in [-0.2, 0) is 0 Å². The molecule has 5 nitrogen and oxygen atoms in total. The number of likely N-dealkylation sites (tertiary alicyclic amines) is 1. The fourth-order valence-electron chi connectivity index (χ4n) is 3.06. The Labute approximate surface area is 147 Å². The number of anilines is 1. The summed E-state index contributed by atoms with van der Waals surface area (Å²) in [7, 11) is 0. The van der Waals surface area contributed by atoms with Crippen molar-refractivity contribution in [2.75, 3.05) is 18.4 Å². The number of hydrogen-bond acceptors (Lipinski definition) is 5. The smallest absolute Gasteiger partial charge is 0.257 e. The lowest BCUT2D eigenvalue weighted by Gasteiger charge is -2.32. The third-order valence-electron chi connectivity index (χ3n) is 4.16. The monoisotopic (exact) mass is 344 g/mol. The molecule has 1 fully saturated rings. The van der Waals surface area contributed by atoms with E-state index >= 15 is 0 Å². The van der Waals surface area contributed by atoms with Crippen molar-refractivity contribution in [2.24, 2.45) is 0 Å². The number of aromatic nitrogens is 2. The van der Waals surface area contributed by atoms with Crippen molar-refractivity contribution in [2.45, 2.75) is 45.6 Å². The average molecular weight is 344 g/mol. The maximum absolute atomic E-state index is 13.0. The number of amides is 1. The second-order valence-corrected chi connectivity index (χ2v) is 7.51. The zero-order valence-corrected chi connectivity index (χ0v) is 15.3. The lowest BCUT2D eigenvalue weighted by Crippen LogP contribution is -2.39. The molecule has 2 aromatic heterocycles. The van der Waals surface area contributed by atoms with E-state index in [0.29, 0.717) is 17.3 Å². The highest BCUT2D eigenvalue weighted by Crippen LogP contribution is 2.30. The second kappa shape index (κ2) is 7.30. The first-order valence-electron chi connectivity index (χ1n) is 8.47. The molecule has 0 bridgehead atoms. The summed E-state index contributed by atoms with van der Waals surface area (Å²) in [4.78, 5) is 23.9. The molecule has 1 aliphatic heterocycles. The Hall–Kier alpha value is -1.95. The van der Waals surface area contributed by atoms with Crippen LogP contribution in [0.4, 0.5) is 5.82 Å². The summed E-state index contributed by atoms with van der Waals surface area (Å²) in [5, 5.41) is 6.51. The molecular weight excluding hydrogens is 320 g/mol. The van der Waals surface area contributed by atoms with Gasteiger partial charge >= 0.3 is 0 Å². The zero-order valence-electron chi connectivity index (χ0n) is 14.5. The zero-order chi connectivity index (χ0) is 17.1. The Balaban J connectivity index is 1.77. The molecule has 0 spiro atoms. The van der Waals surface area contributed by atoms with Crippen molar-refractivity contribution >= 4 is 23.1 Å². The van der Waals surface area contributed by atoms with Gasteiger partial charge in [0.2, 0.25) is 0 Å². The van der Waals surface area contributed by atoms with Crippen LogP contribution in [0, 0.1) is 6.92 Å². The van der Waals surface area contributed by atoms with Crippen molar-refractivity contribution in [3.8, 4) is 0 Å². The molecule has 0 radical (unpaired) electrons. The highest BCUT2D eigenvalue weighted by atomic mass is 32.1. The fraction of sp³-hybridized carbons (Fsp3) is 0.500. The van der Waals surface area contributed by atoms with E-state index in [1.54, 1.807) is 17.5 Å². The van der Waals surface area contributed by atoms with Gasteiger partial charge in [0.05, 0.1) is 10.6 Å². The fourth-order valence-corrected chi connectivity index (χ4v) is 3.99. The summed E-state index contributed by atoms with van der Waals surface area (Å²) in [6, 6.07) is 3.92. The van der Waals surface area contributed by atoms with Crippen LogP contribution in [0.2, 0.25) is 0 Å². The summed E-state index contributed by atoms with van der Waals surface area (Å²) in [6.45, 7) is 7.65. The van der Waals surface area contributed by atoms with Gasteiger partial charge in [-0.05, 0) is 45.7 Å². The summed E-state index contributed by atoms with van der Waals surface area (Å²) < 4.78 is 0. The van der Waals surface area contributed by atoms with Gasteiger partial charge in [-0.3, -0.25) is 4.79 Å². The van der Waals surface area contributed by atoms with E-state index in [4.69, 9.17) is 0 Å². The van der Waals surface area contributed by atoms with Crippen LogP contribution in [0.3, 0.4) is 0 Å². The minimum absolute atomic E-state index is 0.0595. The van der Waals surface area contributed by atoms with Crippen LogP contribution < -0.4 is 5.32 Å². The van der Waals surface area contributed by atoms with E-state index < -0.39 is 0 Å². The number of thiazole rings is 1. The van der Waals surface area contributed by atoms with E-state index in [0.717, 1.165) is 36.6 Å². The molecule has 1 N–H and O–H groups in total. The Morgan fingerprint density at radius 2 is 2.29 bits per heavy atom. The maximum Gasteiger partial charge on any atom is 0.257 e. The van der Waals surface area contributed by atoms with Crippen molar-refractivity contribution in [1.82, 2.24) is 14.9 Å². The molecule has 0 unspecified atom stereocenters. The Morgan fingerprint density at radius 3 is 3.00 bits per heavy atom. The number of aryl methyl sites for hydroxylation is 1. The van der Waals surface area contributed by atoms with Gasteiger partial charge in [-0.25, -0.2) is 9.97 Å². The third-order valence-corrected chi connectivity index (χ3v) is 5.28. The van der Waals surface area contributed by atoms with Gasteiger partial charge in [0.1, 0.15) is 5.82 Å². The number of piperidine rings is 1. The predicted molar refractivity (Wildman–Crippen MR) is 97.7 cm³/mol. The van der Waals surface area contributed by atoms with Crippen LogP contribution in [0.5, 0.6) is 0 Å². The summed E-state index contributed by atoms with van der Waals surface area (Å²) in [5.41, 5.74) is 1.72. The van der Waals surface area contributed by atoms with Gasteiger partial charge < -0.3 is 10.2 Å². The minimum atomic E-state index is 0.0595. The molecular formula is C18H24N4OS. The third kappa shape index (κ3) is 3.75. The van der Waals surface area contributed by atoms with E-state index in [2.05, 4.69) is 20.7 Å². The number of nitrogens with zero attached hydrogens (tertiary/aromatic N) is 3. The lowest BCUT2D eigenvalue weighted by atomic mass is 9.98. The van der Waals surface area contributed by atoms with Gasteiger partial charge in [-0.15, -0.1) is 11.3 Å². The van der Waals surface area contributed by atoms with Crippen molar-refractivity contribution < 1.29 is 4.79 Å². The van der Waals surface area contributed by atoms with Crippen molar-refractivity contribution in [3.05, 3.63) is 40.0 Å². The number of carbonyl (C=O) groups excluding carboxylic acids is 1. The minimum Gasteiger partial charge on any atom is -0.367 e. The Bertz CT molecular complexity index is 713. The van der Waals surface area contributed by atoms with Gasteiger partial charge in [0, 0.05) is 42.3 Å². The highest BCUT2D eigenvalue weighted by molar-refractivity contribution is 7.09. The molecule has 1 saturated heterocycles. The lowest BCUT2D eigenvalue weighted by molar-refractivity contribution is 0.0707. The van der Waals surface area contributed by atoms with Gasteiger partial charge in [0.15, 0.2) is 0 Å². The van der Waals surface area contributed by atoms with E-state index in [1.165, 1.54) is 0 Å². The predicted octanol–water partition coefficient (Wildman–Crippen LogP) is 3.69. The normalized spacial score (nSPS) is 18.0. The van der Waals surface area contributed by atoms with Crippen LogP contribution in [0.1, 0.15) is 53.7 Å². The molecule has 1 amide bonds. The summed E-state index contributed by atoms with van der Waals surface area (Å²) >= 11 is 1.70. The molecule has 3 rings (SSSR count). The van der Waals surface area contributed by atoms with Crippen LogP contribution in [-0.4, -0.2) is 39.9 Å². The number of rotatable bonds is 4. The first kappa shape index (κ1) is 16.9. The van der Waals surface area contributed by atoms with Gasteiger partial charge in [-0.1, -0.05) is 0 Å². The Kier molecular flexibility index (Phi) is 5.14. The number of hydrogen-bond donors (Lipinski definition) is 1. The quantitative estimate of drug-likeness (QED) is 0.919. The van der Waals surface area contributed by atoms with E-state index in [-0.39, 0.29) is 11.9 Å². The SMILES string of the molecule is Cc1csc([C@H]2CCCN(C(=O)c3cccnc3NC(C)C)C2)n1. The Morgan fingerprint density at radius 1 is 1.46 bits per heavy atom. The number of nitrogens with one attached hydrogen (secondary N) is 1. The number of pyridine rings is 1. The second-order valence-electron chi connectivity index (χ2n) is 6.62. The largest absolute Gasteiger partial charge is 0.367 e. The first-order chi connectivity index (χ1) is 11.5. The maximum atomic E-state index is 13.0. The van der Waals surface area contributed by atoms with Crippen molar-refractivity contribution in [3.63, 3.8) is 0 Å². The highest BCUT2D eigenvalue weighted by Gasteiger charge is 2.28. The standard InChI is InChI=1S/C18H24N4OS/c1-12(2)20-16-15(7-4-8-19-16)18(23)22-9-5-6-14(10-22)17-21-13(3)11-24-17/h4,7-8,11-12,14H,5-6,9-10H2,1-3H3,(H,19,20)/t14-/m0/s1. The summed E-state index contributed by atoms with van der Waals surface area (Å²) in [5.74, 6) is 1.08. The van der Waals surface area contributed by atoms with Crippen LogP contribution in [0.15, 0.2) is 23.7 Å². The molecule has 24 heavy (non-hydrogen) atoms. The number of carbonyl (C=O) groups is 1. The molecule has 2 aromatic rings. The average Bonchev–Trinajstić information content (AvgIpc) is 3.01. The molecule has 0 aromatic carbocycles. The van der Waals surface area contributed by atoms with E-state index in [9.17, 15) is 4.79 Å². The first-order valence-corrected chi connectivity index (χ1v) is 9.35. The molecule has 0 aliphatic carbocycles. The molecule has 6 heteroatoms. The summed E-state index contributed by atoms with van der Waals surface area (Å²) in [6.07, 6.45) is 3.84. The molecule has 1 atom stereocenters. The van der Waals surface area contributed by atoms with Crippen molar-refractivity contribution in [1.29, 1.82) is 0 Å². The molecule has 128 valence electrons. The molecule has 3 heterocycles. The molecule has 0 saturated carbocycles. The van der Waals surface area contributed by atoms with Gasteiger partial charge in [0.25, 0.3) is 5.91 Å². The van der Waals surface area contributed by atoms with Crippen LogP contribution >= 0.6 is 11.3 Å². The van der Waals surface area contributed by atoms with Gasteiger partial charge in [-0.2, -0.15) is 0 Å².